The minimum absolute atomic E-state index is 0.0480. The monoisotopic (exact) mass is 1250 g/mol. The molecule has 0 bridgehead atoms. The Morgan fingerprint density at radius 3 is 1.29 bits per heavy atom. The van der Waals surface area contributed by atoms with E-state index < -0.39 is 216 Å². The number of hydrogen-bond acceptors (Lipinski definition) is 30. The first-order chi connectivity index (χ1) is 40.6. The first-order valence-electron chi connectivity index (χ1n) is 29.0. The van der Waals surface area contributed by atoms with Crippen LogP contribution in [-0.4, -0.2) is 315 Å². The molecule has 6 heterocycles. The standard InChI is InChI=1S/C56H94O30/c1-8-56(7,86-55-49(85-54-44(72)39(67)35(63)29(19-58)80-54)46(74)47(30(20-59)81-55)83-53-43(71)38(66)34(62)28(18-57)79-53)17-11-16-24(3)13-9-12-23(2)14-10-15-25(4)21-75-51-45(73)40(68)48(84-52-42(70)37(65)33(61)27(6)78-52)31(82-51)22-76-50-41(69)36(64)32(60)26(5)77-50/h8,12,15-16,26-55,57-74H,1,9-11,13-14,17-22H2,2-7H3. The van der Waals surface area contributed by atoms with Crippen LogP contribution in [0.2, 0.25) is 0 Å². The van der Waals surface area contributed by atoms with Gasteiger partial charge in [0.25, 0.3) is 0 Å². The van der Waals surface area contributed by atoms with Gasteiger partial charge in [0.05, 0.1) is 50.8 Å². The lowest BCUT2D eigenvalue weighted by Gasteiger charge is -2.49. The minimum Gasteiger partial charge on any atom is -0.394 e. The van der Waals surface area contributed by atoms with Gasteiger partial charge in [-0.3, -0.25) is 0 Å². The molecule has 0 radical (unpaired) electrons. The van der Waals surface area contributed by atoms with Crippen LogP contribution in [-0.2, 0) is 56.8 Å². The fourth-order valence-electron chi connectivity index (χ4n) is 10.7. The Balaban J connectivity index is 1.02. The SMILES string of the molecule is C=CC(C)(CCC=C(C)CCC=C(C)CCC=C(C)COC1OC(COC2OC(C)C(O)C(O)C2O)C(OC2OC(C)C(O)C(O)C2O)C(O)C1O)OC1OC(CO)C(OC2OC(CO)C(O)C(O)C2O)C(O)C1OC1OC(CO)C(O)C(O)C1O. The van der Waals surface area contributed by atoms with E-state index in [9.17, 15) is 91.9 Å². The van der Waals surface area contributed by atoms with Crippen LogP contribution in [0.3, 0.4) is 0 Å². The summed E-state index contributed by atoms with van der Waals surface area (Å²) in [5.74, 6) is 0. The molecule has 30 heteroatoms. The van der Waals surface area contributed by atoms with E-state index in [0.717, 1.165) is 16.7 Å². The molecule has 6 aliphatic rings. The number of rotatable bonds is 27. The van der Waals surface area contributed by atoms with Gasteiger partial charge >= 0.3 is 0 Å². The van der Waals surface area contributed by atoms with Crippen LogP contribution in [0.15, 0.2) is 47.6 Å². The molecule has 0 aliphatic carbocycles. The zero-order valence-electron chi connectivity index (χ0n) is 49.1. The fourth-order valence-corrected chi connectivity index (χ4v) is 10.7. The van der Waals surface area contributed by atoms with Gasteiger partial charge in [0.15, 0.2) is 37.7 Å². The predicted octanol–water partition coefficient (Wildman–Crippen LogP) is -5.90. The lowest BCUT2D eigenvalue weighted by Crippen LogP contribution is -2.67. The molecular formula is C56H94O30. The summed E-state index contributed by atoms with van der Waals surface area (Å²) in [6, 6.07) is 0. The van der Waals surface area contributed by atoms with Gasteiger partial charge in [0.1, 0.15) is 134 Å². The Labute approximate surface area is 498 Å². The summed E-state index contributed by atoms with van der Waals surface area (Å²) < 4.78 is 70.1. The molecule has 6 saturated heterocycles. The first-order valence-corrected chi connectivity index (χ1v) is 29.0. The van der Waals surface area contributed by atoms with Gasteiger partial charge in [-0.15, -0.1) is 6.58 Å². The fraction of sp³-hybridized carbons (Fsp3) is 0.857. The van der Waals surface area contributed by atoms with Crippen LogP contribution in [0, 0.1) is 0 Å². The second kappa shape index (κ2) is 32.9. The second-order valence-electron chi connectivity index (χ2n) is 23.3. The van der Waals surface area contributed by atoms with Crippen molar-refractivity contribution in [2.45, 2.75) is 270 Å². The van der Waals surface area contributed by atoms with Crippen LogP contribution >= 0.6 is 0 Å². The molecule has 498 valence electrons. The van der Waals surface area contributed by atoms with Crippen molar-refractivity contribution in [3.8, 4) is 0 Å². The van der Waals surface area contributed by atoms with Crippen molar-refractivity contribution in [2.75, 3.05) is 33.0 Å². The van der Waals surface area contributed by atoms with Crippen LogP contribution in [0.25, 0.3) is 0 Å². The van der Waals surface area contributed by atoms with Crippen molar-refractivity contribution in [1.29, 1.82) is 0 Å². The van der Waals surface area contributed by atoms with Crippen LogP contribution in [0.5, 0.6) is 0 Å². The average molecular weight is 1250 g/mol. The van der Waals surface area contributed by atoms with Crippen LogP contribution in [0.4, 0.5) is 0 Å². The van der Waals surface area contributed by atoms with Crippen molar-refractivity contribution in [3.05, 3.63) is 47.6 Å². The zero-order chi connectivity index (χ0) is 63.6. The minimum atomic E-state index is -1.94. The number of ether oxygens (including phenoxy) is 12. The molecule has 6 rings (SSSR count). The third kappa shape index (κ3) is 17.9. The number of aliphatic hydroxyl groups is 18. The molecule has 30 nitrogen and oxygen atoms in total. The second-order valence-corrected chi connectivity index (χ2v) is 23.3. The maximum atomic E-state index is 11.9. The van der Waals surface area contributed by atoms with Crippen molar-refractivity contribution < 1.29 is 149 Å². The highest BCUT2D eigenvalue weighted by molar-refractivity contribution is 5.08. The number of aliphatic hydroxyl groups excluding tert-OH is 18. The molecular weight excluding hydrogens is 1150 g/mol. The summed E-state index contributed by atoms with van der Waals surface area (Å²) in [5.41, 5.74) is 1.66. The summed E-state index contributed by atoms with van der Waals surface area (Å²) in [5, 5.41) is 190. The topological polar surface area (TPSA) is 475 Å². The molecule has 0 spiro atoms. The molecule has 6 fully saturated rings. The molecule has 0 amide bonds. The summed E-state index contributed by atoms with van der Waals surface area (Å²) >= 11 is 0. The van der Waals surface area contributed by atoms with Gasteiger partial charge in [0.2, 0.25) is 0 Å². The van der Waals surface area contributed by atoms with Gasteiger partial charge < -0.3 is 149 Å². The van der Waals surface area contributed by atoms with Gasteiger partial charge in [-0.2, -0.15) is 0 Å². The lowest BCUT2D eigenvalue weighted by atomic mass is 9.95. The summed E-state index contributed by atoms with van der Waals surface area (Å²) in [7, 11) is 0. The van der Waals surface area contributed by atoms with E-state index in [1.807, 2.05) is 26.0 Å². The van der Waals surface area contributed by atoms with Crippen LogP contribution < -0.4 is 0 Å². The van der Waals surface area contributed by atoms with Gasteiger partial charge in [0, 0.05) is 0 Å². The van der Waals surface area contributed by atoms with E-state index in [1.165, 1.54) is 19.9 Å². The van der Waals surface area contributed by atoms with Crippen molar-refractivity contribution in [1.82, 2.24) is 0 Å². The molecule has 86 heavy (non-hydrogen) atoms. The van der Waals surface area contributed by atoms with Crippen molar-refractivity contribution >= 4 is 0 Å². The van der Waals surface area contributed by atoms with E-state index in [0.29, 0.717) is 32.1 Å². The van der Waals surface area contributed by atoms with E-state index in [2.05, 4.69) is 12.7 Å². The summed E-state index contributed by atoms with van der Waals surface area (Å²) in [4.78, 5) is 0. The third-order valence-corrected chi connectivity index (χ3v) is 16.5. The largest absolute Gasteiger partial charge is 0.394 e. The predicted molar refractivity (Wildman–Crippen MR) is 290 cm³/mol. The van der Waals surface area contributed by atoms with Crippen molar-refractivity contribution in [2.24, 2.45) is 0 Å². The molecule has 0 aromatic rings. The van der Waals surface area contributed by atoms with E-state index in [1.54, 1.807) is 13.8 Å². The molecule has 6 aliphatic heterocycles. The molecule has 18 N–H and O–H groups in total. The molecule has 0 aromatic heterocycles. The number of hydrogen-bond donors (Lipinski definition) is 18. The van der Waals surface area contributed by atoms with E-state index in [-0.39, 0.29) is 13.0 Å². The van der Waals surface area contributed by atoms with E-state index >= 15 is 0 Å². The molecule has 31 atom stereocenters. The van der Waals surface area contributed by atoms with Gasteiger partial charge in [-0.1, -0.05) is 41.0 Å². The molecule has 0 saturated carbocycles. The molecule has 31 unspecified atom stereocenters. The quantitative estimate of drug-likeness (QED) is 0.0341. The van der Waals surface area contributed by atoms with Gasteiger partial charge in [-0.05, 0) is 80.1 Å². The highest BCUT2D eigenvalue weighted by Crippen LogP contribution is 2.37. The zero-order valence-corrected chi connectivity index (χ0v) is 49.1. The Morgan fingerprint density at radius 2 is 0.791 bits per heavy atom. The third-order valence-electron chi connectivity index (χ3n) is 16.5. The first kappa shape index (κ1) is 72.8. The Hall–Kier alpha value is -2.24. The highest BCUT2D eigenvalue weighted by atomic mass is 16.8. The van der Waals surface area contributed by atoms with E-state index in [4.69, 9.17) is 56.8 Å². The average Bonchev–Trinajstić information content (AvgIpc) is 1.34. The summed E-state index contributed by atoms with van der Waals surface area (Å²) in [6.07, 6.45) is -37.4. The smallest absolute Gasteiger partial charge is 0.188 e. The number of allylic oxidation sites excluding steroid dienone is 5. The Morgan fingerprint density at radius 1 is 0.407 bits per heavy atom. The van der Waals surface area contributed by atoms with Crippen LogP contribution in [0.1, 0.15) is 80.1 Å². The summed E-state index contributed by atoms with van der Waals surface area (Å²) in [6.45, 7) is 11.3. The van der Waals surface area contributed by atoms with Crippen molar-refractivity contribution in [3.63, 3.8) is 0 Å². The maximum absolute atomic E-state index is 11.9. The maximum Gasteiger partial charge on any atom is 0.188 e. The lowest BCUT2D eigenvalue weighted by molar-refractivity contribution is -0.393. The Kier molecular flexibility index (Phi) is 27.8. The highest BCUT2D eigenvalue weighted by Gasteiger charge is 2.56. The van der Waals surface area contributed by atoms with Gasteiger partial charge in [-0.25, -0.2) is 0 Å². The molecule has 0 aromatic carbocycles. The normalized spacial score (nSPS) is 45.6. The Bertz CT molecular complexity index is 2160.